The molecule has 2 aromatic rings. The number of hydrogen-bond donors (Lipinski definition) is 2. The lowest BCUT2D eigenvalue weighted by Gasteiger charge is -2.11. The van der Waals surface area contributed by atoms with E-state index >= 15 is 0 Å². The number of nitrogens with zero attached hydrogens (tertiary/aromatic N) is 1. The van der Waals surface area contributed by atoms with Gasteiger partial charge in [0.05, 0.1) is 0 Å². The van der Waals surface area contributed by atoms with Gasteiger partial charge in [-0.3, -0.25) is 9.78 Å². The minimum absolute atomic E-state index is 0.190. The van der Waals surface area contributed by atoms with Gasteiger partial charge in [-0.25, -0.2) is 0 Å². The van der Waals surface area contributed by atoms with Crippen molar-refractivity contribution < 1.29 is 4.79 Å². The summed E-state index contributed by atoms with van der Waals surface area (Å²) in [5.74, 6) is -0.190. The molecule has 1 aromatic heterocycles. The van der Waals surface area contributed by atoms with E-state index in [2.05, 4.69) is 22.5 Å². The first-order valence-corrected chi connectivity index (χ1v) is 6.32. The number of carbonyl (C=O) groups is 1. The number of para-hydroxylation sites is 1. The van der Waals surface area contributed by atoms with Gasteiger partial charge in [0.25, 0.3) is 5.91 Å². The minimum Gasteiger partial charge on any atom is -0.320 e. The second kappa shape index (κ2) is 6.66. The van der Waals surface area contributed by atoms with E-state index in [1.807, 2.05) is 24.3 Å². The van der Waals surface area contributed by atoms with Gasteiger partial charge in [0.1, 0.15) is 5.69 Å². The average molecular weight is 255 g/mol. The summed E-state index contributed by atoms with van der Waals surface area (Å²) in [5.41, 5.74) is 2.30. The molecule has 0 saturated heterocycles. The molecule has 19 heavy (non-hydrogen) atoms. The molecule has 1 aromatic carbocycles. The largest absolute Gasteiger partial charge is 0.320 e. The molecule has 0 aliphatic rings. The minimum atomic E-state index is -0.190. The van der Waals surface area contributed by atoms with E-state index in [1.54, 1.807) is 24.4 Å². The molecule has 0 aliphatic carbocycles. The van der Waals surface area contributed by atoms with Gasteiger partial charge in [0.15, 0.2) is 0 Å². The zero-order valence-corrected chi connectivity index (χ0v) is 10.9. The van der Waals surface area contributed by atoms with Gasteiger partial charge >= 0.3 is 0 Å². The van der Waals surface area contributed by atoms with Crippen LogP contribution in [-0.4, -0.2) is 17.4 Å². The normalized spacial score (nSPS) is 10.2. The number of anilines is 1. The van der Waals surface area contributed by atoms with Crippen LogP contribution in [0.1, 0.15) is 23.0 Å². The Kier molecular flexibility index (Phi) is 4.64. The zero-order valence-electron chi connectivity index (χ0n) is 10.9. The number of pyridine rings is 1. The number of aromatic nitrogens is 1. The van der Waals surface area contributed by atoms with E-state index in [-0.39, 0.29) is 5.91 Å². The molecule has 0 saturated carbocycles. The lowest BCUT2D eigenvalue weighted by atomic mass is 10.1. The van der Waals surface area contributed by atoms with Crippen LogP contribution in [0.2, 0.25) is 0 Å². The third-order valence-corrected chi connectivity index (χ3v) is 2.73. The summed E-state index contributed by atoms with van der Waals surface area (Å²) in [7, 11) is 0. The van der Waals surface area contributed by atoms with Crippen LogP contribution in [0.25, 0.3) is 0 Å². The number of hydrogen-bond acceptors (Lipinski definition) is 3. The Morgan fingerprint density at radius 2 is 1.95 bits per heavy atom. The Bertz CT molecular complexity index is 540. The number of nitrogens with one attached hydrogen (secondary N) is 2. The van der Waals surface area contributed by atoms with Crippen molar-refractivity contribution in [2.75, 3.05) is 11.9 Å². The first-order valence-electron chi connectivity index (χ1n) is 6.32. The molecule has 0 bridgehead atoms. The maximum absolute atomic E-state index is 12.0. The summed E-state index contributed by atoms with van der Waals surface area (Å²) < 4.78 is 0. The smallest absolute Gasteiger partial charge is 0.274 e. The summed E-state index contributed by atoms with van der Waals surface area (Å²) in [6, 6.07) is 13.0. The van der Waals surface area contributed by atoms with E-state index < -0.39 is 0 Å². The molecule has 4 nitrogen and oxygen atoms in total. The van der Waals surface area contributed by atoms with E-state index in [0.29, 0.717) is 5.69 Å². The topological polar surface area (TPSA) is 54.0 Å². The molecule has 4 heteroatoms. The first-order chi connectivity index (χ1) is 9.31. The quantitative estimate of drug-likeness (QED) is 0.862. The molecule has 0 fully saturated rings. The standard InChI is InChI=1S/C15H17N3O/c1-2-16-11-12-7-3-4-8-13(12)18-15(19)14-9-5-6-10-17-14/h3-10,16H,2,11H2,1H3,(H,18,19). The molecule has 1 amide bonds. The molecule has 0 aliphatic heterocycles. The molecular weight excluding hydrogens is 238 g/mol. The fourth-order valence-electron chi connectivity index (χ4n) is 1.74. The van der Waals surface area contributed by atoms with Gasteiger partial charge in [-0.15, -0.1) is 0 Å². The van der Waals surface area contributed by atoms with Crippen LogP contribution < -0.4 is 10.6 Å². The summed E-state index contributed by atoms with van der Waals surface area (Å²) in [5, 5.41) is 6.15. The van der Waals surface area contributed by atoms with E-state index in [1.165, 1.54) is 0 Å². The van der Waals surface area contributed by atoms with E-state index in [0.717, 1.165) is 24.3 Å². The lowest BCUT2D eigenvalue weighted by molar-refractivity contribution is 0.102. The highest BCUT2D eigenvalue weighted by Gasteiger charge is 2.09. The van der Waals surface area contributed by atoms with Crippen LogP contribution in [0, 0.1) is 0 Å². The Morgan fingerprint density at radius 1 is 1.16 bits per heavy atom. The van der Waals surface area contributed by atoms with Gasteiger partial charge in [0, 0.05) is 18.4 Å². The molecule has 2 N–H and O–H groups in total. The van der Waals surface area contributed by atoms with Gasteiger partial charge in [-0.1, -0.05) is 31.2 Å². The van der Waals surface area contributed by atoms with E-state index in [9.17, 15) is 4.79 Å². The summed E-state index contributed by atoms with van der Waals surface area (Å²) in [6.07, 6.45) is 1.61. The highest BCUT2D eigenvalue weighted by atomic mass is 16.1. The fourth-order valence-corrected chi connectivity index (χ4v) is 1.74. The number of amides is 1. The third-order valence-electron chi connectivity index (χ3n) is 2.73. The van der Waals surface area contributed by atoms with Crippen molar-refractivity contribution in [3.05, 3.63) is 59.9 Å². The lowest BCUT2D eigenvalue weighted by Crippen LogP contribution is -2.17. The van der Waals surface area contributed by atoms with E-state index in [4.69, 9.17) is 0 Å². The van der Waals surface area contributed by atoms with Crippen molar-refractivity contribution in [2.45, 2.75) is 13.5 Å². The fraction of sp³-hybridized carbons (Fsp3) is 0.200. The maximum atomic E-state index is 12.0. The van der Waals surface area contributed by atoms with Crippen LogP contribution in [0.15, 0.2) is 48.7 Å². The van der Waals surface area contributed by atoms with Crippen LogP contribution >= 0.6 is 0 Å². The van der Waals surface area contributed by atoms with Crippen molar-refractivity contribution in [2.24, 2.45) is 0 Å². The highest BCUT2D eigenvalue weighted by Crippen LogP contribution is 2.15. The van der Waals surface area contributed by atoms with Crippen molar-refractivity contribution in [1.82, 2.24) is 10.3 Å². The number of rotatable bonds is 5. The molecule has 0 spiro atoms. The Balaban J connectivity index is 2.12. The Labute approximate surface area is 112 Å². The SMILES string of the molecule is CCNCc1ccccc1NC(=O)c1ccccn1. The summed E-state index contributed by atoms with van der Waals surface area (Å²) in [6.45, 7) is 3.67. The Morgan fingerprint density at radius 3 is 2.68 bits per heavy atom. The third kappa shape index (κ3) is 3.63. The summed E-state index contributed by atoms with van der Waals surface area (Å²) >= 11 is 0. The average Bonchev–Trinajstić information content (AvgIpc) is 2.47. The van der Waals surface area contributed by atoms with Crippen molar-refractivity contribution in [3.63, 3.8) is 0 Å². The molecule has 0 unspecified atom stereocenters. The van der Waals surface area contributed by atoms with Gasteiger partial charge in [0.2, 0.25) is 0 Å². The monoisotopic (exact) mass is 255 g/mol. The van der Waals surface area contributed by atoms with Crippen LogP contribution in [0.5, 0.6) is 0 Å². The predicted molar refractivity (Wildman–Crippen MR) is 76.0 cm³/mol. The molecule has 0 radical (unpaired) electrons. The maximum Gasteiger partial charge on any atom is 0.274 e. The number of benzene rings is 1. The van der Waals surface area contributed by atoms with Crippen LogP contribution in [-0.2, 0) is 6.54 Å². The Hall–Kier alpha value is -2.20. The van der Waals surface area contributed by atoms with Crippen LogP contribution in [0.3, 0.4) is 0 Å². The predicted octanol–water partition coefficient (Wildman–Crippen LogP) is 2.44. The van der Waals surface area contributed by atoms with Gasteiger partial charge in [-0.2, -0.15) is 0 Å². The van der Waals surface area contributed by atoms with Crippen molar-refractivity contribution in [1.29, 1.82) is 0 Å². The van der Waals surface area contributed by atoms with Gasteiger partial charge in [-0.05, 0) is 30.3 Å². The molecular formula is C15H17N3O. The zero-order chi connectivity index (χ0) is 13.5. The van der Waals surface area contributed by atoms with Crippen molar-refractivity contribution in [3.8, 4) is 0 Å². The first kappa shape index (κ1) is 13.2. The molecule has 98 valence electrons. The summed E-state index contributed by atoms with van der Waals surface area (Å²) in [4.78, 5) is 16.1. The molecule has 0 atom stereocenters. The van der Waals surface area contributed by atoms with Gasteiger partial charge < -0.3 is 10.6 Å². The van der Waals surface area contributed by atoms with Crippen LogP contribution in [0.4, 0.5) is 5.69 Å². The molecule has 2 rings (SSSR count). The molecule has 1 heterocycles. The highest BCUT2D eigenvalue weighted by molar-refractivity contribution is 6.03. The van der Waals surface area contributed by atoms with Crippen molar-refractivity contribution >= 4 is 11.6 Å². The second-order valence-electron chi connectivity index (χ2n) is 4.11. The number of carbonyl (C=O) groups excluding carboxylic acids is 1. The second-order valence-corrected chi connectivity index (χ2v) is 4.11.